The van der Waals surface area contributed by atoms with Crippen LogP contribution in [-0.2, 0) is 0 Å². The van der Waals surface area contributed by atoms with E-state index >= 15 is 0 Å². The molecule has 18 heavy (non-hydrogen) atoms. The maximum absolute atomic E-state index is 11.8. The van der Waals surface area contributed by atoms with Gasteiger partial charge in [0.15, 0.2) is 0 Å². The first-order valence-corrected chi connectivity index (χ1v) is 5.45. The van der Waals surface area contributed by atoms with E-state index in [1.54, 1.807) is 6.07 Å². The molecule has 0 saturated carbocycles. The molecule has 0 fully saturated rings. The van der Waals surface area contributed by atoms with Crippen LogP contribution in [0, 0.1) is 0 Å². The number of phenols is 1. The van der Waals surface area contributed by atoms with Crippen LogP contribution in [0.25, 0.3) is 0 Å². The van der Waals surface area contributed by atoms with Crippen LogP contribution in [0.5, 0.6) is 5.75 Å². The van der Waals surface area contributed by atoms with Crippen LogP contribution in [0.15, 0.2) is 36.5 Å². The standard InChI is InChI=1S/C12H10ClN3O2/c13-8-3-4-15-11(6-8)16-12(18)7-1-2-9(14)10(17)5-7/h1-6,17H,14H2,(H,15,16,18). The van der Waals surface area contributed by atoms with Gasteiger partial charge in [-0.3, -0.25) is 4.79 Å². The Morgan fingerprint density at radius 2 is 2.11 bits per heavy atom. The summed E-state index contributed by atoms with van der Waals surface area (Å²) in [5.74, 6) is -0.203. The molecule has 1 amide bonds. The number of anilines is 2. The van der Waals surface area contributed by atoms with Crippen LogP contribution < -0.4 is 11.1 Å². The van der Waals surface area contributed by atoms with E-state index < -0.39 is 5.91 Å². The molecule has 0 atom stereocenters. The monoisotopic (exact) mass is 263 g/mol. The van der Waals surface area contributed by atoms with Crippen molar-refractivity contribution in [3.63, 3.8) is 0 Å². The summed E-state index contributed by atoms with van der Waals surface area (Å²) in [7, 11) is 0. The SMILES string of the molecule is Nc1ccc(C(=O)Nc2cc(Cl)ccn2)cc1O. The normalized spacial score (nSPS) is 10.1. The van der Waals surface area contributed by atoms with Crippen molar-refractivity contribution < 1.29 is 9.90 Å². The summed E-state index contributed by atoms with van der Waals surface area (Å²) in [5.41, 5.74) is 5.95. The third kappa shape index (κ3) is 2.70. The molecule has 1 aromatic heterocycles. The number of nitrogen functional groups attached to an aromatic ring is 1. The Kier molecular flexibility index (Phi) is 3.34. The Balaban J connectivity index is 2.19. The first-order chi connectivity index (χ1) is 8.56. The van der Waals surface area contributed by atoms with Gasteiger partial charge in [0.1, 0.15) is 11.6 Å². The maximum Gasteiger partial charge on any atom is 0.256 e. The number of aromatic nitrogens is 1. The van der Waals surface area contributed by atoms with Gasteiger partial charge in [0.25, 0.3) is 5.91 Å². The Labute approximate surface area is 108 Å². The fourth-order valence-electron chi connectivity index (χ4n) is 1.35. The number of halogens is 1. The van der Waals surface area contributed by atoms with Crippen molar-refractivity contribution >= 4 is 29.0 Å². The second kappa shape index (κ2) is 4.93. The van der Waals surface area contributed by atoms with Gasteiger partial charge in [0.2, 0.25) is 0 Å². The summed E-state index contributed by atoms with van der Waals surface area (Å²) in [5, 5.41) is 12.4. The number of aromatic hydroxyl groups is 1. The molecule has 0 spiro atoms. The molecule has 0 radical (unpaired) electrons. The smallest absolute Gasteiger partial charge is 0.256 e. The minimum Gasteiger partial charge on any atom is -0.506 e. The van der Waals surface area contributed by atoms with E-state index in [1.165, 1.54) is 30.5 Å². The minimum absolute atomic E-state index is 0.137. The van der Waals surface area contributed by atoms with Gasteiger partial charge in [-0.15, -0.1) is 0 Å². The van der Waals surface area contributed by atoms with Crippen molar-refractivity contribution in [2.24, 2.45) is 0 Å². The van der Waals surface area contributed by atoms with Gasteiger partial charge in [-0.1, -0.05) is 11.6 Å². The Hall–Kier alpha value is -2.27. The fourth-order valence-corrected chi connectivity index (χ4v) is 1.51. The van der Waals surface area contributed by atoms with Gasteiger partial charge < -0.3 is 16.2 Å². The molecule has 0 unspecified atom stereocenters. The van der Waals surface area contributed by atoms with E-state index in [9.17, 15) is 9.90 Å². The van der Waals surface area contributed by atoms with Gasteiger partial charge in [-0.25, -0.2) is 4.98 Å². The zero-order valence-electron chi connectivity index (χ0n) is 9.22. The number of rotatable bonds is 2. The predicted octanol–water partition coefficient (Wildman–Crippen LogP) is 2.28. The minimum atomic E-state index is -0.403. The number of amides is 1. The van der Waals surface area contributed by atoms with Crippen molar-refractivity contribution in [1.29, 1.82) is 0 Å². The van der Waals surface area contributed by atoms with E-state index in [2.05, 4.69) is 10.3 Å². The molecule has 6 heteroatoms. The van der Waals surface area contributed by atoms with Gasteiger partial charge in [0, 0.05) is 16.8 Å². The van der Waals surface area contributed by atoms with Crippen LogP contribution >= 0.6 is 11.6 Å². The summed E-state index contributed by atoms with van der Waals surface area (Å²) >= 11 is 5.77. The summed E-state index contributed by atoms with van der Waals surface area (Å²) in [6.45, 7) is 0. The summed E-state index contributed by atoms with van der Waals surface area (Å²) in [6.07, 6.45) is 1.48. The number of carbonyl (C=O) groups excluding carboxylic acids is 1. The topological polar surface area (TPSA) is 88.2 Å². The number of benzene rings is 1. The van der Waals surface area contributed by atoms with Gasteiger partial charge in [-0.2, -0.15) is 0 Å². The molecule has 0 bridgehead atoms. The number of pyridine rings is 1. The zero-order valence-corrected chi connectivity index (χ0v) is 9.98. The van der Waals surface area contributed by atoms with Crippen molar-refractivity contribution in [2.45, 2.75) is 0 Å². The van der Waals surface area contributed by atoms with Crippen molar-refractivity contribution in [3.05, 3.63) is 47.1 Å². The highest BCUT2D eigenvalue weighted by molar-refractivity contribution is 6.30. The highest BCUT2D eigenvalue weighted by atomic mass is 35.5. The number of nitrogens with one attached hydrogen (secondary N) is 1. The fraction of sp³-hybridized carbons (Fsp3) is 0. The van der Waals surface area contributed by atoms with E-state index in [0.29, 0.717) is 10.8 Å². The number of hydrogen-bond acceptors (Lipinski definition) is 4. The average molecular weight is 264 g/mol. The van der Waals surface area contributed by atoms with E-state index in [4.69, 9.17) is 17.3 Å². The zero-order chi connectivity index (χ0) is 13.1. The molecule has 1 heterocycles. The summed E-state index contributed by atoms with van der Waals surface area (Å²) in [4.78, 5) is 15.8. The largest absolute Gasteiger partial charge is 0.506 e. The predicted molar refractivity (Wildman–Crippen MR) is 69.7 cm³/mol. The molecule has 92 valence electrons. The highest BCUT2D eigenvalue weighted by Gasteiger charge is 2.09. The van der Waals surface area contributed by atoms with Crippen molar-refractivity contribution in [1.82, 2.24) is 4.98 Å². The van der Waals surface area contributed by atoms with Gasteiger partial charge in [-0.05, 0) is 30.3 Å². The lowest BCUT2D eigenvalue weighted by molar-refractivity contribution is 0.102. The molecule has 5 nitrogen and oxygen atoms in total. The molecule has 2 rings (SSSR count). The molecule has 0 aliphatic carbocycles. The van der Waals surface area contributed by atoms with Gasteiger partial charge in [0.05, 0.1) is 5.69 Å². The summed E-state index contributed by atoms with van der Waals surface area (Å²) in [6, 6.07) is 7.38. The number of carbonyl (C=O) groups is 1. The molecular weight excluding hydrogens is 254 g/mol. The van der Waals surface area contributed by atoms with Crippen LogP contribution in [-0.4, -0.2) is 16.0 Å². The molecule has 0 aliphatic heterocycles. The summed E-state index contributed by atoms with van der Waals surface area (Å²) < 4.78 is 0. The van der Waals surface area contributed by atoms with Crippen LogP contribution in [0.3, 0.4) is 0 Å². The molecule has 0 aliphatic rings. The third-order valence-electron chi connectivity index (χ3n) is 2.26. The third-order valence-corrected chi connectivity index (χ3v) is 2.49. The van der Waals surface area contributed by atoms with Crippen molar-refractivity contribution in [2.75, 3.05) is 11.1 Å². The second-order valence-corrected chi connectivity index (χ2v) is 4.02. The molecule has 1 aromatic carbocycles. The molecule has 0 saturated heterocycles. The Bertz CT molecular complexity index is 602. The first-order valence-electron chi connectivity index (χ1n) is 5.07. The Morgan fingerprint density at radius 1 is 1.33 bits per heavy atom. The number of hydrogen-bond donors (Lipinski definition) is 3. The lowest BCUT2D eigenvalue weighted by atomic mass is 10.2. The molecule has 2 aromatic rings. The number of nitrogens with zero attached hydrogens (tertiary/aromatic N) is 1. The molecule has 4 N–H and O–H groups in total. The van der Waals surface area contributed by atoms with E-state index in [1.807, 2.05) is 0 Å². The highest BCUT2D eigenvalue weighted by Crippen LogP contribution is 2.21. The molecular formula is C12H10ClN3O2. The van der Waals surface area contributed by atoms with E-state index in [0.717, 1.165) is 0 Å². The average Bonchev–Trinajstić information content (AvgIpc) is 2.32. The second-order valence-electron chi connectivity index (χ2n) is 3.59. The van der Waals surface area contributed by atoms with Crippen molar-refractivity contribution in [3.8, 4) is 5.75 Å². The van der Waals surface area contributed by atoms with Crippen LogP contribution in [0.4, 0.5) is 11.5 Å². The number of phenolic OH excluding ortho intramolecular Hbond substituents is 1. The quantitative estimate of drug-likeness (QED) is 0.573. The lowest BCUT2D eigenvalue weighted by Crippen LogP contribution is -2.12. The lowest BCUT2D eigenvalue weighted by Gasteiger charge is -2.06. The van der Waals surface area contributed by atoms with Gasteiger partial charge >= 0.3 is 0 Å². The number of nitrogens with two attached hydrogens (primary N) is 1. The maximum atomic E-state index is 11.8. The van der Waals surface area contributed by atoms with Crippen LogP contribution in [0.1, 0.15) is 10.4 Å². The Morgan fingerprint density at radius 3 is 2.78 bits per heavy atom. The first kappa shape index (κ1) is 12.2. The van der Waals surface area contributed by atoms with Crippen LogP contribution in [0.2, 0.25) is 5.02 Å². The van der Waals surface area contributed by atoms with E-state index in [-0.39, 0.29) is 17.0 Å².